The molecule has 6 rings (SSSR count). The van der Waals surface area contributed by atoms with Gasteiger partial charge in [0.2, 0.25) is 0 Å². The summed E-state index contributed by atoms with van der Waals surface area (Å²) in [5, 5.41) is 9.24. The quantitative estimate of drug-likeness (QED) is 0.365. The van der Waals surface area contributed by atoms with Crippen molar-refractivity contribution in [2.45, 2.75) is 18.9 Å². The first-order valence-electron chi connectivity index (χ1n) is 10.8. The summed E-state index contributed by atoms with van der Waals surface area (Å²) in [6.07, 6.45) is 8.06. The van der Waals surface area contributed by atoms with Gasteiger partial charge in [-0.1, -0.05) is 30.3 Å². The summed E-state index contributed by atoms with van der Waals surface area (Å²) < 4.78 is 1.81. The molecule has 0 aliphatic heterocycles. The second-order valence-electron chi connectivity index (χ2n) is 8.27. The summed E-state index contributed by atoms with van der Waals surface area (Å²) in [6, 6.07) is 12.5. The maximum Gasteiger partial charge on any atom is 0.199 e. The fraction of sp³-hybridized carbons (Fsp3) is 0.208. The van der Waals surface area contributed by atoms with Crippen molar-refractivity contribution in [1.29, 1.82) is 0 Å². The monoisotopic (exact) mass is 455 g/mol. The third-order valence-electron chi connectivity index (χ3n) is 5.98. The van der Waals surface area contributed by atoms with Gasteiger partial charge in [-0.3, -0.25) is 4.68 Å². The van der Waals surface area contributed by atoms with Crippen LogP contribution in [0.1, 0.15) is 12.8 Å². The van der Waals surface area contributed by atoms with Crippen LogP contribution in [0.5, 0.6) is 0 Å². The molecule has 8 nitrogen and oxygen atoms in total. The van der Waals surface area contributed by atoms with E-state index in [4.69, 9.17) is 9.97 Å². The fourth-order valence-corrected chi connectivity index (χ4v) is 5.44. The molecule has 0 atom stereocenters. The van der Waals surface area contributed by atoms with E-state index in [0.29, 0.717) is 11.6 Å². The van der Waals surface area contributed by atoms with E-state index < -0.39 is 0 Å². The number of aromatic amines is 1. The minimum absolute atomic E-state index is 0.115. The van der Waals surface area contributed by atoms with Gasteiger partial charge in [-0.2, -0.15) is 5.10 Å². The number of nitrogens with one attached hydrogen (secondary N) is 2. The predicted octanol–water partition coefficient (Wildman–Crippen LogP) is 4.54. The van der Waals surface area contributed by atoms with Crippen LogP contribution in [0, 0.1) is 5.92 Å². The molecule has 1 aliphatic rings. The summed E-state index contributed by atoms with van der Waals surface area (Å²) in [6.45, 7) is 0. The van der Waals surface area contributed by atoms with Gasteiger partial charge in [-0.15, -0.1) is 11.3 Å². The number of H-pyrrole nitrogens is 1. The van der Waals surface area contributed by atoms with Gasteiger partial charge in [0.15, 0.2) is 11.6 Å². The van der Waals surface area contributed by atoms with Crippen LogP contribution < -0.4 is 5.32 Å². The van der Waals surface area contributed by atoms with Crippen molar-refractivity contribution in [3.63, 3.8) is 0 Å². The summed E-state index contributed by atoms with van der Waals surface area (Å²) in [5.41, 5.74) is 3.05. The first-order valence-corrected chi connectivity index (χ1v) is 11.6. The number of benzene rings is 1. The van der Waals surface area contributed by atoms with E-state index in [0.717, 1.165) is 56.9 Å². The highest BCUT2D eigenvalue weighted by molar-refractivity contribution is 7.22. The van der Waals surface area contributed by atoms with E-state index in [2.05, 4.69) is 32.5 Å². The highest BCUT2D eigenvalue weighted by Crippen LogP contribution is 2.47. The first kappa shape index (κ1) is 19.8. The Balaban J connectivity index is 1.59. The predicted molar refractivity (Wildman–Crippen MR) is 129 cm³/mol. The van der Waals surface area contributed by atoms with Crippen LogP contribution >= 0.6 is 11.3 Å². The van der Waals surface area contributed by atoms with Crippen LogP contribution in [0.15, 0.2) is 55.0 Å². The molecule has 0 amide bonds. The smallest absolute Gasteiger partial charge is 0.199 e. The van der Waals surface area contributed by atoms with Gasteiger partial charge in [0.25, 0.3) is 0 Å². The summed E-state index contributed by atoms with van der Waals surface area (Å²) in [5.74, 6) is 2.03. The Hall–Kier alpha value is -3.85. The lowest BCUT2D eigenvalue weighted by molar-refractivity contribution is -0.113. The van der Waals surface area contributed by atoms with Crippen LogP contribution in [0.3, 0.4) is 0 Å². The molecular weight excluding hydrogens is 434 g/mol. The number of thiophene rings is 1. The molecule has 33 heavy (non-hydrogen) atoms. The number of aldehydes is 1. The zero-order chi connectivity index (χ0) is 22.4. The normalized spacial score (nSPS) is 17.7. The third kappa shape index (κ3) is 3.50. The molecule has 5 aromatic rings. The lowest BCUT2D eigenvalue weighted by Gasteiger charge is -2.32. The Kier molecular flexibility index (Phi) is 4.76. The van der Waals surface area contributed by atoms with Gasteiger partial charge in [0.1, 0.15) is 22.6 Å². The first-order chi connectivity index (χ1) is 16.2. The molecule has 2 N–H and O–H groups in total. The summed E-state index contributed by atoms with van der Waals surface area (Å²) >= 11 is 1.60. The van der Waals surface area contributed by atoms with E-state index in [1.54, 1.807) is 23.7 Å². The van der Waals surface area contributed by atoms with Crippen molar-refractivity contribution in [1.82, 2.24) is 29.7 Å². The maximum atomic E-state index is 11.1. The molecule has 1 aliphatic carbocycles. The molecule has 9 heteroatoms. The van der Waals surface area contributed by atoms with E-state index in [-0.39, 0.29) is 12.0 Å². The minimum atomic E-state index is 0.115. The summed E-state index contributed by atoms with van der Waals surface area (Å²) in [7, 11) is 1.92. The fourth-order valence-electron chi connectivity index (χ4n) is 4.28. The summed E-state index contributed by atoms with van der Waals surface area (Å²) in [4.78, 5) is 30.3. The van der Waals surface area contributed by atoms with Gasteiger partial charge < -0.3 is 15.1 Å². The molecule has 0 unspecified atom stereocenters. The molecule has 1 saturated carbocycles. The molecule has 164 valence electrons. The molecule has 4 heterocycles. The van der Waals surface area contributed by atoms with Crippen molar-refractivity contribution in [3.05, 3.63) is 55.0 Å². The van der Waals surface area contributed by atoms with Crippen LogP contribution in [-0.2, 0) is 11.8 Å². The number of carbonyl (C=O) groups excluding carboxylic acids is 1. The lowest BCUT2D eigenvalue weighted by atomic mass is 9.81. The van der Waals surface area contributed by atoms with Gasteiger partial charge in [-0.05, 0) is 24.5 Å². The topological polar surface area (TPSA) is 101 Å². The average molecular weight is 456 g/mol. The van der Waals surface area contributed by atoms with Crippen molar-refractivity contribution in [2.75, 3.05) is 5.32 Å². The van der Waals surface area contributed by atoms with E-state index in [9.17, 15) is 4.79 Å². The van der Waals surface area contributed by atoms with Crippen LogP contribution in [-0.4, -0.2) is 42.0 Å². The molecule has 0 bridgehead atoms. The number of aromatic nitrogens is 6. The van der Waals surface area contributed by atoms with Gasteiger partial charge >= 0.3 is 0 Å². The number of aryl methyl sites for hydroxylation is 1. The molecule has 4 aromatic heterocycles. The second kappa shape index (κ2) is 7.93. The molecular formula is C24H21N7OS. The number of carbonyl (C=O) groups is 1. The SMILES string of the molecule is Cn1ccc(-c2sc3nc(-c4ncc[nH]4)nc(NC4CC(C=O)C4)c3c2-c2ccccc2)n1. The van der Waals surface area contributed by atoms with Crippen LogP contribution in [0.25, 0.3) is 43.6 Å². The Morgan fingerprint density at radius 2 is 2.03 bits per heavy atom. The average Bonchev–Trinajstić information content (AvgIpc) is 3.55. The zero-order valence-corrected chi connectivity index (χ0v) is 18.7. The molecule has 0 saturated heterocycles. The number of fused-ring (bicyclic) bond motifs is 1. The van der Waals surface area contributed by atoms with E-state index in [1.807, 2.05) is 42.2 Å². The molecule has 1 aromatic carbocycles. The minimum Gasteiger partial charge on any atom is -0.367 e. The third-order valence-corrected chi connectivity index (χ3v) is 7.08. The van der Waals surface area contributed by atoms with E-state index >= 15 is 0 Å². The largest absolute Gasteiger partial charge is 0.367 e. The number of imidazole rings is 1. The number of hydrogen-bond donors (Lipinski definition) is 2. The zero-order valence-electron chi connectivity index (χ0n) is 17.9. The number of nitrogens with zero attached hydrogens (tertiary/aromatic N) is 5. The Morgan fingerprint density at radius 1 is 1.18 bits per heavy atom. The Morgan fingerprint density at radius 3 is 2.73 bits per heavy atom. The maximum absolute atomic E-state index is 11.1. The Bertz CT molecular complexity index is 1430. The second-order valence-corrected chi connectivity index (χ2v) is 9.27. The number of anilines is 1. The van der Waals surface area contributed by atoms with Crippen LogP contribution in [0.4, 0.5) is 5.82 Å². The van der Waals surface area contributed by atoms with Crippen LogP contribution in [0.2, 0.25) is 0 Å². The van der Waals surface area contributed by atoms with Crippen molar-refractivity contribution < 1.29 is 4.79 Å². The lowest BCUT2D eigenvalue weighted by Crippen LogP contribution is -2.36. The Labute approximate surface area is 193 Å². The van der Waals surface area contributed by atoms with Gasteiger partial charge in [0, 0.05) is 43.2 Å². The highest BCUT2D eigenvalue weighted by Gasteiger charge is 2.31. The highest BCUT2D eigenvalue weighted by atomic mass is 32.1. The van der Waals surface area contributed by atoms with Gasteiger partial charge in [0.05, 0.1) is 10.3 Å². The van der Waals surface area contributed by atoms with Crippen molar-refractivity contribution in [2.24, 2.45) is 13.0 Å². The van der Waals surface area contributed by atoms with Crippen molar-refractivity contribution in [3.8, 4) is 33.3 Å². The van der Waals surface area contributed by atoms with Crippen molar-refractivity contribution >= 4 is 33.7 Å². The number of hydrogen-bond acceptors (Lipinski definition) is 7. The standard InChI is InChI=1S/C24H21N7OS/c1-31-10-7-17(30-31)20-18(15-5-3-2-4-6-15)19-21(27-16-11-14(12-16)13-32)28-23(29-24(19)33-20)22-25-8-9-26-22/h2-10,13-14,16H,11-12H2,1H3,(H,25,26)(H,27,28,29). The molecule has 0 spiro atoms. The van der Waals surface area contributed by atoms with E-state index in [1.165, 1.54) is 0 Å². The number of rotatable bonds is 6. The van der Waals surface area contributed by atoms with Gasteiger partial charge in [-0.25, -0.2) is 15.0 Å². The molecule has 1 fully saturated rings. The molecule has 0 radical (unpaired) electrons.